The van der Waals surface area contributed by atoms with Gasteiger partial charge in [-0.05, 0) is 53.8 Å². The maximum absolute atomic E-state index is 12.4. The van der Waals surface area contributed by atoms with Crippen LogP contribution in [0, 0.1) is 5.92 Å². The van der Waals surface area contributed by atoms with E-state index in [1.165, 1.54) is 23.5 Å². The van der Waals surface area contributed by atoms with Crippen molar-refractivity contribution in [3.63, 3.8) is 0 Å². The van der Waals surface area contributed by atoms with Crippen molar-refractivity contribution in [3.8, 4) is 0 Å². The maximum atomic E-state index is 12.4. The predicted octanol–water partition coefficient (Wildman–Crippen LogP) is 4.18. The molecule has 0 spiro atoms. The molecule has 0 aliphatic heterocycles. The molecule has 1 aromatic heterocycles. The van der Waals surface area contributed by atoms with E-state index < -0.39 is 18.5 Å². The summed E-state index contributed by atoms with van der Waals surface area (Å²) in [5, 5.41) is 9.96. The van der Waals surface area contributed by atoms with E-state index in [2.05, 4.69) is 16.0 Å². The fourth-order valence-electron chi connectivity index (χ4n) is 2.87. The summed E-state index contributed by atoms with van der Waals surface area (Å²) in [6, 6.07) is 16.3. The molecule has 0 atom stereocenters. The van der Waals surface area contributed by atoms with E-state index in [4.69, 9.17) is 4.74 Å². The number of nitrogens with one attached hydrogen (secondary N) is 3. The van der Waals surface area contributed by atoms with Crippen LogP contribution in [0.3, 0.4) is 0 Å². The molecule has 176 valence electrons. The number of benzene rings is 2. The lowest BCUT2D eigenvalue weighted by molar-refractivity contribution is -0.119. The fourth-order valence-corrected chi connectivity index (χ4v) is 3.49. The first-order valence-corrected chi connectivity index (χ1v) is 11.5. The third kappa shape index (κ3) is 7.01. The molecule has 0 aliphatic rings. The first-order valence-electron chi connectivity index (χ1n) is 10.6. The number of hydrogen-bond donors (Lipinski definition) is 3. The normalized spacial score (nSPS) is 10.4. The minimum atomic E-state index is -0.686. The zero-order valence-corrected chi connectivity index (χ0v) is 19.6. The number of ether oxygens (including phenoxy) is 1. The Bertz CT molecular complexity index is 1160. The highest BCUT2D eigenvalue weighted by Gasteiger charge is 2.15. The first-order chi connectivity index (χ1) is 16.3. The topological polar surface area (TPSA) is 114 Å². The van der Waals surface area contributed by atoms with Gasteiger partial charge in [0.25, 0.3) is 17.7 Å². The summed E-state index contributed by atoms with van der Waals surface area (Å²) in [5.41, 5.74) is 1.41. The molecule has 3 rings (SSSR count). The van der Waals surface area contributed by atoms with Crippen LogP contribution in [0.15, 0.2) is 66.0 Å². The Hall–Kier alpha value is -3.98. The van der Waals surface area contributed by atoms with Crippen molar-refractivity contribution in [3.05, 3.63) is 82.0 Å². The second-order valence-corrected chi connectivity index (χ2v) is 8.73. The first kappa shape index (κ1) is 24.7. The number of rotatable bonds is 9. The van der Waals surface area contributed by atoms with Crippen LogP contribution >= 0.6 is 11.3 Å². The van der Waals surface area contributed by atoms with Gasteiger partial charge in [-0.15, -0.1) is 11.3 Å². The SMILES string of the molecule is CC(C)CNC(=O)c1ccccc1NC(=O)COC(=O)c1ccc(NC(=O)c2cccs2)cc1. The molecule has 0 saturated heterocycles. The van der Waals surface area contributed by atoms with Gasteiger partial charge in [-0.2, -0.15) is 0 Å². The van der Waals surface area contributed by atoms with E-state index in [-0.39, 0.29) is 23.3 Å². The number of carbonyl (C=O) groups excluding carboxylic acids is 4. The molecule has 8 nitrogen and oxygen atoms in total. The highest BCUT2D eigenvalue weighted by molar-refractivity contribution is 7.12. The third-order valence-electron chi connectivity index (χ3n) is 4.57. The summed E-state index contributed by atoms with van der Waals surface area (Å²) in [6.07, 6.45) is 0. The quantitative estimate of drug-likeness (QED) is 0.399. The molecule has 1 heterocycles. The number of para-hydroxylation sites is 1. The van der Waals surface area contributed by atoms with Crippen LogP contribution in [-0.4, -0.2) is 36.8 Å². The van der Waals surface area contributed by atoms with Crippen LogP contribution in [0.2, 0.25) is 0 Å². The lowest BCUT2D eigenvalue weighted by Gasteiger charge is -2.12. The van der Waals surface area contributed by atoms with Gasteiger partial charge in [-0.25, -0.2) is 4.79 Å². The molecule has 3 aromatic rings. The van der Waals surface area contributed by atoms with Crippen molar-refractivity contribution in [2.75, 3.05) is 23.8 Å². The predicted molar refractivity (Wildman–Crippen MR) is 131 cm³/mol. The number of thiophene rings is 1. The van der Waals surface area contributed by atoms with E-state index in [1.807, 2.05) is 19.2 Å². The van der Waals surface area contributed by atoms with E-state index in [9.17, 15) is 19.2 Å². The number of esters is 1. The average Bonchev–Trinajstić information content (AvgIpc) is 3.37. The maximum Gasteiger partial charge on any atom is 0.338 e. The van der Waals surface area contributed by atoms with Crippen molar-refractivity contribution >= 4 is 46.4 Å². The van der Waals surface area contributed by atoms with E-state index in [1.54, 1.807) is 48.5 Å². The molecule has 3 amide bonds. The molecule has 0 radical (unpaired) electrons. The van der Waals surface area contributed by atoms with Crippen molar-refractivity contribution in [2.24, 2.45) is 5.92 Å². The van der Waals surface area contributed by atoms with Gasteiger partial charge in [0.15, 0.2) is 6.61 Å². The highest BCUT2D eigenvalue weighted by Crippen LogP contribution is 2.16. The van der Waals surface area contributed by atoms with Crippen LogP contribution in [0.5, 0.6) is 0 Å². The van der Waals surface area contributed by atoms with Crippen molar-refractivity contribution in [2.45, 2.75) is 13.8 Å². The molecule has 9 heteroatoms. The van der Waals surface area contributed by atoms with Gasteiger partial charge < -0.3 is 20.7 Å². The molecule has 0 fully saturated rings. The van der Waals surface area contributed by atoms with Gasteiger partial charge in [0.1, 0.15) is 0 Å². The van der Waals surface area contributed by atoms with E-state index >= 15 is 0 Å². The van der Waals surface area contributed by atoms with Crippen molar-refractivity contribution in [1.29, 1.82) is 0 Å². The number of carbonyl (C=O) groups is 4. The second kappa shape index (κ2) is 11.8. The smallest absolute Gasteiger partial charge is 0.338 e. The minimum absolute atomic E-state index is 0.232. The standard InChI is InChI=1S/C25H25N3O5S/c1-16(2)14-26-23(30)19-6-3-4-7-20(19)28-22(29)15-33-25(32)17-9-11-18(12-10-17)27-24(31)21-8-5-13-34-21/h3-13,16H,14-15H2,1-2H3,(H,26,30)(H,27,31)(H,28,29). The molecule has 34 heavy (non-hydrogen) atoms. The summed E-state index contributed by atoms with van der Waals surface area (Å²) in [7, 11) is 0. The molecule has 2 aromatic carbocycles. The monoisotopic (exact) mass is 479 g/mol. The number of hydrogen-bond acceptors (Lipinski definition) is 6. The zero-order valence-electron chi connectivity index (χ0n) is 18.8. The van der Waals surface area contributed by atoms with Gasteiger partial charge in [0.2, 0.25) is 0 Å². The summed E-state index contributed by atoms with van der Waals surface area (Å²) in [5.74, 6) is -1.50. The van der Waals surface area contributed by atoms with E-state index in [0.29, 0.717) is 28.4 Å². The number of anilines is 2. The molecule has 0 bridgehead atoms. The molecule has 0 saturated carbocycles. The highest BCUT2D eigenvalue weighted by atomic mass is 32.1. The average molecular weight is 480 g/mol. The van der Waals surface area contributed by atoms with Crippen LogP contribution in [0.25, 0.3) is 0 Å². The Morgan fingerprint density at radius 1 is 0.882 bits per heavy atom. The fraction of sp³-hybridized carbons (Fsp3) is 0.200. The van der Waals surface area contributed by atoms with Crippen LogP contribution in [-0.2, 0) is 9.53 Å². The Labute approximate surface area is 201 Å². The minimum Gasteiger partial charge on any atom is -0.452 e. The summed E-state index contributed by atoms with van der Waals surface area (Å²) >= 11 is 1.33. The Morgan fingerprint density at radius 3 is 2.29 bits per heavy atom. The Kier molecular flexibility index (Phi) is 8.53. The van der Waals surface area contributed by atoms with Gasteiger partial charge >= 0.3 is 5.97 Å². The van der Waals surface area contributed by atoms with Crippen LogP contribution in [0.1, 0.15) is 44.2 Å². The summed E-state index contributed by atoms with van der Waals surface area (Å²) in [6.45, 7) is 3.96. The molecular weight excluding hydrogens is 454 g/mol. The van der Waals surface area contributed by atoms with Crippen molar-refractivity contribution < 1.29 is 23.9 Å². The van der Waals surface area contributed by atoms with E-state index in [0.717, 1.165) is 0 Å². The largest absolute Gasteiger partial charge is 0.452 e. The van der Waals surface area contributed by atoms with Gasteiger partial charge in [0, 0.05) is 12.2 Å². The van der Waals surface area contributed by atoms with Crippen LogP contribution in [0.4, 0.5) is 11.4 Å². The Morgan fingerprint density at radius 2 is 1.62 bits per heavy atom. The molecular formula is C25H25N3O5S. The molecule has 0 aliphatic carbocycles. The lowest BCUT2D eigenvalue weighted by Crippen LogP contribution is -2.29. The summed E-state index contributed by atoms with van der Waals surface area (Å²) in [4.78, 5) is 49.7. The zero-order chi connectivity index (χ0) is 24.5. The van der Waals surface area contributed by atoms with Gasteiger partial charge in [0.05, 0.1) is 21.7 Å². The molecule has 0 unspecified atom stereocenters. The van der Waals surface area contributed by atoms with Crippen molar-refractivity contribution in [1.82, 2.24) is 5.32 Å². The lowest BCUT2D eigenvalue weighted by atomic mass is 10.1. The number of amides is 3. The Balaban J connectivity index is 1.52. The molecule has 3 N–H and O–H groups in total. The second-order valence-electron chi connectivity index (χ2n) is 7.78. The van der Waals surface area contributed by atoms with Crippen LogP contribution < -0.4 is 16.0 Å². The third-order valence-corrected chi connectivity index (χ3v) is 5.44. The van der Waals surface area contributed by atoms with Gasteiger partial charge in [-0.3, -0.25) is 14.4 Å². The van der Waals surface area contributed by atoms with Gasteiger partial charge in [-0.1, -0.05) is 32.0 Å². The summed E-state index contributed by atoms with van der Waals surface area (Å²) < 4.78 is 5.08.